The van der Waals surface area contributed by atoms with Crippen LogP contribution in [0.3, 0.4) is 0 Å². The van der Waals surface area contributed by atoms with Gasteiger partial charge in [0.05, 0.1) is 24.4 Å². The van der Waals surface area contributed by atoms with Gasteiger partial charge in [0, 0.05) is 18.3 Å². The van der Waals surface area contributed by atoms with Crippen LogP contribution in [0.1, 0.15) is 33.3 Å². The second-order valence-electron chi connectivity index (χ2n) is 7.38. The zero-order chi connectivity index (χ0) is 18.4. The van der Waals surface area contributed by atoms with Crippen LogP contribution in [0.4, 0.5) is 0 Å². The van der Waals surface area contributed by atoms with Crippen molar-refractivity contribution in [3.8, 4) is 0 Å². The summed E-state index contributed by atoms with van der Waals surface area (Å²) < 4.78 is 0. The Morgan fingerprint density at radius 1 is 1.30 bits per heavy atom. The topological polar surface area (TPSA) is 36.4 Å². The van der Waals surface area contributed by atoms with Crippen LogP contribution < -0.4 is 0 Å². The molecule has 2 heterocycles. The Morgan fingerprint density at radius 3 is 2.96 bits per heavy atom. The molecule has 0 radical (unpaired) electrons. The molecular weight excluding hydrogens is 374 g/mol. The van der Waals surface area contributed by atoms with E-state index >= 15 is 0 Å². The van der Waals surface area contributed by atoms with Gasteiger partial charge < -0.3 is 4.90 Å². The van der Waals surface area contributed by atoms with E-state index in [2.05, 4.69) is 58.9 Å². The first kappa shape index (κ1) is 17.2. The molecule has 1 aromatic heterocycles. The van der Waals surface area contributed by atoms with E-state index in [0.29, 0.717) is 16.8 Å². The van der Waals surface area contributed by atoms with Crippen LogP contribution in [0, 0.1) is 0 Å². The third kappa shape index (κ3) is 3.06. The third-order valence-electron chi connectivity index (χ3n) is 5.69. The molecule has 1 saturated heterocycles. The van der Waals surface area contributed by atoms with Gasteiger partial charge in [-0.25, -0.2) is 0 Å². The molecule has 4 nitrogen and oxygen atoms in total. The standard InChI is InChI=1S/C21H21N3OS2/c25-21(19-10-22-12-27-19)24(13-23-8-7-16(26)11-23)18-9-15-6-5-14-3-1-2-4-17(14)20(15)18/h1-6,10,12,16,18,26H,7-9,11,13H2/t16-,18?/m1/s1. The van der Waals surface area contributed by atoms with Gasteiger partial charge in [0.25, 0.3) is 5.91 Å². The van der Waals surface area contributed by atoms with Gasteiger partial charge in [-0.3, -0.25) is 14.7 Å². The SMILES string of the molecule is O=C(c1cncs1)N(CN1CC[C@@H](S)C1)C1Cc2ccc3ccccc3c21. The van der Waals surface area contributed by atoms with E-state index in [0.717, 1.165) is 25.9 Å². The molecule has 1 unspecified atom stereocenters. The van der Waals surface area contributed by atoms with E-state index < -0.39 is 0 Å². The molecular formula is C21H21N3OS2. The summed E-state index contributed by atoms with van der Waals surface area (Å²) in [6, 6.07) is 13.0. The maximum Gasteiger partial charge on any atom is 0.267 e. The molecule has 1 fully saturated rings. The number of carbonyl (C=O) groups is 1. The number of amides is 1. The number of hydrogen-bond donors (Lipinski definition) is 1. The first-order chi connectivity index (χ1) is 13.2. The van der Waals surface area contributed by atoms with Crippen molar-refractivity contribution >= 4 is 40.6 Å². The van der Waals surface area contributed by atoms with E-state index in [9.17, 15) is 4.79 Å². The highest BCUT2D eigenvalue weighted by Gasteiger charge is 2.37. The molecule has 138 valence electrons. The number of thiol groups is 1. The summed E-state index contributed by atoms with van der Waals surface area (Å²) in [5.41, 5.74) is 4.40. The van der Waals surface area contributed by atoms with E-state index in [1.54, 1.807) is 11.7 Å². The monoisotopic (exact) mass is 395 g/mol. The van der Waals surface area contributed by atoms with Crippen LogP contribution in [0.5, 0.6) is 0 Å². The Morgan fingerprint density at radius 2 is 2.19 bits per heavy atom. The van der Waals surface area contributed by atoms with Crippen LogP contribution in [-0.4, -0.2) is 45.7 Å². The molecule has 2 aromatic carbocycles. The van der Waals surface area contributed by atoms with Gasteiger partial charge in [-0.05, 0) is 34.7 Å². The van der Waals surface area contributed by atoms with Crippen LogP contribution >= 0.6 is 24.0 Å². The molecule has 1 aliphatic carbocycles. The first-order valence-corrected chi connectivity index (χ1v) is 10.7. The van der Waals surface area contributed by atoms with Crippen molar-refractivity contribution < 1.29 is 4.79 Å². The van der Waals surface area contributed by atoms with Crippen LogP contribution in [0.15, 0.2) is 48.1 Å². The maximum absolute atomic E-state index is 13.3. The average Bonchev–Trinajstić information content (AvgIpc) is 3.32. The summed E-state index contributed by atoms with van der Waals surface area (Å²) in [6.07, 6.45) is 3.69. The van der Waals surface area contributed by atoms with Gasteiger partial charge in [0.1, 0.15) is 4.88 Å². The molecule has 0 N–H and O–H groups in total. The van der Waals surface area contributed by atoms with Crippen molar-refractivity contribution in [2.75, 3.05) is 19.8 Å². The fourth-order valence-electron chi connectivity index (χ4n) is 4.28. The number of aromatic nitrogens is 1. The van der Waals surface area contributed by atoms with Crippen molar-refractivity contribution in [2.24, 2.45) is 0 Å². The van der Waals surface area contributed by atoms with Crippen molar-refractivity contribution in [1.29, 1.82) is 0 Å². The summed E-state index contributed by atoms with van der Waals surface area (Å²) in [5.74, 6) is 0.0868. The van der Waals surface area contributed by atoms with Crippen molar-refractivity contribution in [1.82, 2.24) is 14.8 Å². The Bertz CT molecular complexity index is 988. The lowest BCUT2D eigenvalue weighted by molar-refractivity contribution is 0.0509. The van der Waals surface area contributed by atoms with Gasteiger partial charge in [0.15, 0.2) is 0 Å². The molecule has 1 amide bonds. The van der Waals surface area contributed by atoms with E-state index in [-0.39, 0.29) is 11.9 Å². The summed E-state index contributed by atoms with van der Waals surface area (Å²) in [4.78, 5) is 22.5. The number of rotatable bonds is 4. The zero-order valence-corrected chi connectivity index (χ0v) is 16.6. The second kappa shape index (κ2) is 6.93. The van der Waals surface area contributed by atoms with Crippen molar-refractivity contribution in [3.05, 3.63) is 64.1 Å². The number of benzene rings is 2. The van der Waals surface area contributed by atoms with Gasteiger partial charge in [-0.2, -0.15) is 12.6 Å². The number of hydrogen-bond acceptors (Lipinski definition) is 5. The van der Waals surface area contributed by atoms with Gasteiger partial charge >= 0.3 is 0 Å². The van der Waals surface area contributed by atoms with Gasteiger partial charge in [-0.1, -0.05) is 36.4 Å². The van der Waals surface area contributed by atoms with Crippen molar-refractivity contribution in [2.45, 2.75) is 24.1 Å². The number of fused-ring (bicyclic) bond motifs is 3. The lowest BCUT2D eigenvalue weighted by Gasteiger charge is -2.42. The Kier molecular flexibility index (Phi) is 4.42. The predicted molar refractivity (Wildman–Crippen MR) is 113 cm³/mol. The molecule has 3 aromatic rings. The summed E-state index contributed by atoms with van der Waals surface area (Å²) in [5, 5.41) is 2.91. The second-order valence-corrected chi connectivity index (χ2v) is 9.00. The largest absolute Gasteiger partial charge is 0.317 e. The lowest BCUT2D eigenvalue weighted by atomic mass is 9.79. The summed E-state index contributed by atoms with van der Waals surface area (Å²) >= 11 is 6.03. The van der Waals surface area contributed by atoms with Crippen LogP contribution in [0.25, 0.3) is 10.8 Å². The summed E-state index contributed by atoms with van der Waals surface area (Å²) in [7, 11) is 0. The number of likely N-dealkylation sites (tertiary alicyclic amines) is 1. The quantitative estimate of drug-likeness (QED) is 0.679. The summed E-state index contributed by atoms with van der Waals surface area (Å²) in [6.45, 7) is 2.58. The highest BCUT2D eigenvalue weighted by Crippen LogP contribution is 2.43. The molecule has 0 spiro atoms. The van der Waals surface area contributed by atoms with Crippen LogP contribution in [0.2, 0.25) is 0 Å². The van der Waals surface area contributed by atoms with Gasteiger partial charge in [-0.15, -0.1) is 11.3 Å². The maximum atomic E-state index is 13.3. The highest BCUT2D eigenvalue weighted by atomic mass is 32.1. The molecule has 2 atom stereocenters. The molecule has 0 bridgehead atoms. The van der Waals surface area contributed by atoms with Gasteiger partial charge in [0.2, 0.25) is 0 Å². The number of nitrogens with zero attached hydrogens (tertiary/aromatic N) is 3. The molecule has 5 rings (SSSR count). The highest BCUT2D eigenvalue weighted by molar-refractivity contribution is 7.81. The van der Waals surface area contributed by atoms with Crippen molar-refractivity contribution in [3.63, 3.8) is 0 Å². The minimum Gasteiger partial charge on any atom is -0.317 e. The number of carbonyl (C=O) groups excluding carboxylic acids is 1. The Labute approximate surface area is 168 Å². The molecule has 6 heteroatoms. The molecule has 27 heavy (non-hydrogen) atoms. The predicted octanol–water partition coefficient (Wildman–Crippen LogP) is 4.00. The van der Waals surface area contributed by atoms with Crippen LogP contribution in [-0.2, 0) is 6.42 Å². The number of thiazole rings is 1. The minimum absolute atomic E-state index is 0.0868. The minimum atomic E-state index is 0.0868. The Balaban J connectivity index is 1.51. The van der Waals surface area contributed by atoms with E-state index in [1.807, 2.05) is 4.90 Å². The normalized spacial score (nSPS) is 21.8. The van der Waals surface area contributed by atoms with E-state index in [1.165, 1.54) is 33.2 Å². The molecule has 2 aliphatic rings. The first-order valence-electron chi connectivity index (χ1n) is 9.31. The lowest BCUT2D eigenvalue weighted by Crippen LogP contribution is -2.46. The zero-order valence-electron chi connectivity index (χ0n) is 14.9. The third-order valence-corrected chi connectivity index (χ3v) is 6.87. The molecule has 1 aliphatic heterocycles. The Hall–Kier alpha value is -1.89. The molecule has 0 saturated carbocycles. The average molecular weight is 396 g/mol. The fourth-order valence-corrected chi connectivity index (χ4v) is 5.20. The fraction of sp³-hybridized carbons (Fsp3) is 0.333. The smallest absolute Gasteiger partial charge is 0.267 e. The van der Waals surface area contributed by atoms with E-state index in [4.69, 9.17) is 0 Å².